The van der Waals surface area contributed by atoms with Crippen LogP contribution in [0.15, 0.2) is 146 Å². The second-order valence-electron chi connectivity index (χ2n) is 27.3. The molecule has 0 saturated heterocycles. The highest BCUT2D eigenvalue weighted by molar-refractivity contribution is 7.47. The van der Waals surface area contributed by atoms with Gasteiger partial charge < -0.3 is 18.9 Å². The summed E-state index contributed by atoms with van der Waals surface area (Å²) in [6.45, 7) is 4.23. The Labute approximate surface area is 593 Å². The van der Waals surface area contributed by atoms with Crippen molar-refractivity contribution in [1.29, 1.82) is 0 Å². The summed E-state index contributed by atoms with van der Waals surface area (Å²) >= 11 is 0. The summed E-state index contributed by atoms with van der Waals surface area (Å²) in [5.41, 5.74) is 0. The third kappa shape index (κ3) is 78.9. The summed E-state index contributed by atoms with van der Waals surface area (Å²) in [5, 5.41) is 0. The fourth-order valence-electron chi connectivity index (χ4n) is 10.9. The van der Waals surface area contributed by atoms with E-state index in [9.17, 15) is 19.0 Å². The topological polar surface area (TPSA) is 108 Å². The molecule has 0 rings (SSSR count). The van der Waals surface area contributed by atoms with E-state index in [-0.39, 0.29) is 32.0 Å². The molecule has 2 unspecified atom stereocenters. The zero-order valence-corrected chi connectivity index (χ0v) is 63.7. The van der Waals surface area contributed by atoms with Crippen LogP contribution in [0.5, 0.6) is 0 Å². The predicted molar refractivity (Wildman–Crippen MR) is 417 cm³/mol. The zero-order chi connectivity index (χ0) is 69.7. The van der Waals surface area contributed by atoms with Crippen molar-refractivity contribution in [2.45, 2.75) is 341 Å². The van der Waals surface area contributed by atoms with Crippen molar-refractivity contribution in [3.8, 4) is 0 Å². The summed E-state index contributed by atoms with van der Waals surface area (Å²) in [5.74, 6) is -0.790. The highest BCUT2D eigenvalue weighted by Gasteiger charge is 2.27. The number of allylic oxidation sites excluding steroid dienone is 24. The molecule has 9 nitrogen and oxygen atoms in total. The number of carbonyl (C=O) groups excluding carboxylic acids is 2. The fourth-order valence-corrected chi connectivity index (χ4v) is 11.7. The molecule has 550 valence electrons. The molecule has 96 heavy (non-hydrogen) atoms. The highest BCUT2D eigenvalue weighted by Crippen LogP contribution is 2.43. The Balaban J connectivity index is 3.97. The molecule has 0 spiro atoms. The van der Waals surface area contributed by atoms with Crippen molar-refractivity contribution in [3.05, 3.63) is 146 Å². The first-order chi connectivity index (χ1) is 47.0. The van der Waals surface area contributed by atoms with Crippen LogP contribution in [0.25, 0.3) is 0 Å². The average Bonchev–Trinajstić information content (AvgIpc) is 2.54. The van der Waals surface area contributed by atoms with E-state index in [0.29, 0.717) is 17.4 Å². The van der Waals surface area contributed by atoms with E-state index in [2.05, 4.69) is 160 Å². The zero-order valence-electron chi connectivity index (χ0n) is 62.8. The molecule has 0 aromatic rings. The van der Waals surface area contributed by atoms with Gasteiger partial charge in [0.15, 0.2) is 6.10 Å². The van der Waals surface area contributed by atoms with Gasteiger partial charge in [-0.15, -0.1) is 0 Å². The summed E-state index contributed by atoms with van der Waals surface area (Å²) in [4.78, 5) is 36.0. The number of ether oxygens (including phenoxy) is 2. The Bertz CT molecular complexity index is 2140. The second kappa shape index (κ2) is 75.1. The van der Waals surface area contributed by atoms with E-state index in [1.54, 1.807) is 0 Å². The number of likely N-dealkylation sites (N-methyl/N-ethyl adjacent to an activating group) is 1. The highest BCUT2D eigenvalue weighted by atomic mass is 31.2. The molecule has 0 aromatic heterocycles. The maximum atomic E-state index is 12.9. The number of phosphoric ester groups is 1. The second-order valence-corrected chi connectivity index (χ2v) is 28.8. The minimum atomic E-state index is -4.40. The fraction of sp³-hybridized carbons (Fsp3) is 0.698. The van der Waals surface area contributed by atoms with Gasteiger partial charge in [-0.3, -0.25) is 18.6 Å². The SMILES string of the molecule is CC/C=C\C/C=C\C/C=C\C/C=C\C/C=C\C/C=C\C/C=C\CCCCCCCCCCCCCCCCCCCCCC(=O)OC(COC(=O)CCCCCCCCCCCCCCCCC/C=C\C/C=C\C/C=C\C/C=C\C/C=C\CC)COP(=O)(O)OCC[N+](C)(C)C. The molecule has 0 amide bonds. The summed E-state index contributed by atoms with van der Waals surface area (Å²) < 4.78 is 34.8. The Kier molecular flexibility index (Phi) is 71.9. The van der Waals surface area contributed by atoms with Crippen LogP contribution < -0.4 is 0 Å². The third-order valence-corrected chi connectivity index (χ3v) is 17.8. The lowest BCUT2D eigenvalue weighted by Gasteiger charge is -2.24. The van der Waals surface area contributed by atoms with E-state index in [1.165, 1.54) is 193 Å². The number of hydrogen-bond donors (Lipinski definition) is 1. The molecular formula is C86H149NO8P+. The van der Waals surface area contributed by atoms with Gasteiger partial charge in [-0.1, -0.05) is 352 Å². The van der Waals surface area contributed by atoms with Crippen LogP contribution in [0.2, 0.25) is 0 Å². The molecule has 0 aromatic carbocycles. The van der Waals surface area contributed by atoms with Gasteiger partial charge in [0.2, 0.25) is 0 Å². The smallest absolute Gasteiger partial charge is 0.462 e. The lowest BCUT2D eigenvalue weighted by Crippen LogP contribution is -2.37. The number of rotatable bonds is 72. The number of carbonyl (C=O) groups is 2. The first-order valence-electron chi connectivity index (χ1n) is 39.6. The third-order valence-electron chi connectivity index (χ3n) is 16.9. The van der Waals surface area contributed by atoms with Crippen LogP contribution in [0.3, 0.4) is 0 Å². The van der Waals surface area contributed by atoms with Crippen LogP contribution in [-0.2, 0) is 32.7 Å². The van der Waals surface area contributed by atoms with Crippen molar-refractivity contribution in [2.75, 3.05) is 47.5 Å². The maximum Gasteiger partial charge on any atom is 0.472 e. The number of phosphoric acid groups is 1. The predicted octanol–water partition coefficient (Wildman–Crippen LogP) is 26.5. The largest absolute Gasteiger partial charge is 0.472 e. The number of nitrogens with zero attached hydrogens (tertiary/aromatic N) is 1. The normalized spacial score (nSPS) is 13.9. The molecular weight excluding hydrogens is 1210 g/mol. The van der Waals surface area contributed by atoms with Crippen LogP contribution in [0.1, 0.15) is 335 Å². The Morgan fingerprint density at radius 2 is 0.562 bits per heavy atom. The quantitative estimate of drug-likeness (QED) is 0.0211. The van der Waals surface area contributed by atoms with Gasteiger partial charge in [-0.25, -0.2) is 4.57 Å². The molecule has 10 heteroatoms. The van der Waals surface area contributed by atoms with Crippen molar-refractivity contribution < 1.29 is 42.1 Å². The molecule has 0 fully saturated rings. The van der Waals surface area contributed by atoms with Crippen LogP contribution >= 0.6 is 7.82 Å². The van der Waals surface area contributed by atoms with Crippen LogP contribution in [0, 0.1) is 0 Å². The summed E-state index contributed by atoms with van der Waals surface area (Å²) in [6.07, 6.45) is 111. The van der Waals surface area contributed by atoms with E-state index >= 15 is 0 Å². The minimum Gasteiger partial charge on any atom is -0.462 e. The molecule has 0 aliphatic heterocycles. The minimum absolute atomic E-state index is 0.0284. The monoisotopic (exact) mass is 1360 g/mol. The van der Waals surface area contributed by atoms with Gasteiger partial charge in [0.05, 0.1) is 27.7 Å². The number of hydrogen-bond acceptors (Lipinski definition) is 7. The Morgan fingerprint density at radius 1 is 0.323 bits per heavy atom. The summed E-state index contributed by atoms with van der Waals surface area (Å²) in [7, 11) is 1.48. The first kappa shape index (κ1) is 91.9. The molecule has 0 radical (unpaired) electrons. The van der Waals surface area contributed by atoms with Gasteiger partial charge >= 0.3 is 19.8 Å². The molecule has 0 aliphatic rings. The molecule has 2 atom stereocenters. The van der Waals surface area contributed by atoms with Gasteiger partial charge in [-0.2, -0.15) is 0 Å². The lowest BCUT2D eigenvalue weighted by molar-refractivity contribution is -0.870. The van der Waals surface area contributed by atoms with E-state index < -0.39 is 26.5 Å². The molecule has 0 saturated carbocycles. The average molecular weight is 1360 g/mol. The van der Waals surface area contributed by atoms with E-state index in [0.717, 1.165) is 109 Å². The van der Waals surface area contributed by atoms with Gasteiger partial charge in [0.1, 0.15) is 19.8 Å². The maximum absolute atomic E-state index is 12.9. The molecule has 0 aliphatic carbocycles. The first-order valence-corrected chi connectivity index (χ1v) is 41.1. The van der Waals surface area contributed by atoms with Crippen molar-refractivity contribution in [3.63, 3.8) is 0 Å². The standard InChI is InChI=1S/C86H148NO8P/c1-6-8-10-12-14-16-18-20-22-24-26-28-30-32-34-36-38-39-40-41-42-43-44-45-46-47-49-51-53-55-57-59-61-63-65-67-69-71-73-75-77-79-86(89)95-84(83-94-96(90,91)93-81-80-87(3,4)5)82-92-85(88)78-76-74-72-70-68-66-64-62-60-58-56-54-52-50-48-37-35-33-31-29-27-25-23-21-19-17-15-13-11-9-7-2/h8-11,14-17,20-23,26-29,32-35,38-39,41-42,84H,6-7,12-13,18-19,24-25,30-31,36-37,40,43-83H2,1-5H3/p+1/b10-8-,11-9-,16-14-,17-15-,22-20-,23-21-,28-26-,29-27-,34-32-,35-33-,39-38-,42-41-. The lowest BCUT2D eigenvalue weighted by atomic mass is 10.0. The number of unbranched alkanes of at least 4 members (excludes halogenated alkanes) is 34. The van der Waals surface area contributed by atoms with Gasteiger partial charge in [0.25, 0.3) is 0 Å². The number of esters is 2. The van der Waals surface area contributed by atoms with Gasteiger partial charge in [-0.05, 0) is 116 Å². The van der Waals surface area contributed by atoms with Crippen LogP contribution in [0.4, 0.5) is 0 Å². The Morgan fingerprint density at radius 3 is 0.833 bits per heavy atom. The van der Waals surface area contributed by atoms with Crippen molar-refractivity contribution in [2.24, 2.45) is 0 Å². The Hall–Kier alpha value is -4.11. The van der Waals surface area contributed by atoms with Gasteiger partial charge in [0, 0.05) is 12.8 Å². The van der Waals surface area contributed by atoms with E-state index in [1.807, 2.05) is 21.1 Å². The molecule has 1 N–H and O–H groups in total. The summed E-state index contributed by atoms with van der Waals surface area (Å²) in [6, 6.07) is 0. The van der Waals surface area contributed by atoms with Crippen molar-refractivity contribution >= 4 is 19.8 Å². The molecule has 0 heterocycles. The van der Waals surface area contributed by atoms with Crippen LogP contribution in [-0.4, -0.2) is 74.9 Å². The van der Waals surface area contributed by atoms with Crippen molar-refractivity contribution in [1.82, 2.24) is 0 Å². The van der Waals surface area contributed by atoms with E-state index in [4.69, 9.17) is 18.5 Å². The number of quaternary nitrogens is 1. The molecule has 0 bridgehead atoms.